The summed E-state index contributed by atoms with van der Waals surface area (Å²) in [7, 11) is 0. The van der Waals surface area contributed by atoms with E-state index in [1.165, 1.54) is 12.8 Å². The van der Waals surface area contributed by atoms with Crippen molar-refractivity contribution in [2.45, 2.75) is 44.2 Å². The zero-order valence-electron chi connectivity index (χ0n) is 14.5. The van der Waals surface area contributed by atoms with Crippen LogP contribution < -0.4 is 4.90 Å². The van der Waals surface area contributed by atoms with Crippen molar-refractivity contribution in [2.24, 2.45) is 5.92 Å². The molecule has 0 bridgehead atoms. The van der Waals surface area contributed by atoms with Gasteiger partial charge < -0.3 is 19.6 Å². The standard InChI is InChI=1S/C18H26N4O3/c23-16-5-3-4-13(16)15-12-25-11-10-22(15)18(24)14-6-7-17(20-19-14)21-8-1-2-9-21/h6-7,13,15-16,23H,1-5,8-12H2/t13-,15-,16-/m1/s1. The highest BCUT2D eigenvalue weighted by Gasteiger charge is 2.40. The van der Waals surface area contributed by atoms with Gasteiger partial charge in [-0.2, -0.15) is 0 Å². The summed E-state index contributed by atoms with van der Waals surface area (Å²) >= 11 is 0. The summed E-state index contributed by atoms with van der Waals surface area (Å²) in [5.41, 5.74) is 0.377. The van der Waals surface area contributed by atoms with E-state index in [9.17, 15) is 9.90 Å². The maximum atomic E-state index is 13.0. The molecule has 0 spiro atoms. The number of hydrogen-bond donors (Lipinski definition) is 1. The molecule has 25 heavy (non-hydrogen) atoms. The third-order valence-electron chi connectivity index (χ3n) is 5.75. The predicted octanol–water partition coefficient (Wildman–Crippen LogP) is 1.08. The molecule has 4 rings (SSSR count). The number of aromatic nitrogens is 2. The molecule has 1 N–H and O–H groups in total. The van der Waals surface area contributed by atoms with Crippen molar-refractivity contribution in [1.82, 2.24) is 15.1 Å². The molecule has 0 unspecified atom stereocenters. The SMILES string of the molecule is O=C(c1ccc(N2CCCC2)nn1)N1CCOC[C@@H]1[C@H]1CCC[C@H]1O. The Morgan fingerprint density at radius 1 is 1.12 bits per heavy atom. The van der Waals surface area contributed by atoms with Crippen molar-refractivity contribution in [3.8, 4) is 0 Å². The molecular weight excluding hydrogens is 320 g/mol. The molecule has 1 aromatic rings. The summed E-state index contributed by atoms with van der Waals surface area (Å²) in [6, 6.07) is 3.60. The molecule has 0 radical (unpaired) electrons. The summed E-state index contributed by atoms with van der Waals surface area (Å²) in [6.45, 7) is 3.58. The summed E-state index contributed by atoms with van der Waals surface area (Å²) in [5, 5.41) is 18.7. The monoisotopic (exact) mass is 346 g/mol. The van der Waals surface area contributed by atoms with Crippen LogP contribution in [0.2, 0.25) is 0 Å². The minimum Gasteiger partial charge on any atom is -0.393 e. The number of rotatable bonds is 3. The van der Waals surface area contributed by atoms with E-state index in [2.05, 4.69) is 15.1 Å². The first-order valence-corrected chi connectivity index (χ1v) is 9.39. The largest absolute Gasteiger partial charge is 0.393 e. The van der Waals surface area contributed by atoms with Gasteiger partial charge in [0, 0.05) is 25.6 Å². The second-order valence-corrected chi connectivity index (χ2v) is 7.27. The van der Waals surface area contributed by atoms with Crippen molar-refractivity contribution in [3.05, 3.63) is 17.8 Å². The molecule has 1 aromatic heterocycles. The zero-order valence-corrected chi connectivity index (χ0v) is 14.5. The van der Waals surface area contributed by atoms with Gasteiger partial charge in [-0.15, -0.1) is 10.2 Å². The normalized spacial score (nSPS) is 30.0. The second-order valence-electron chi connectivity index (χ2n) is 7.27. The van der Waals surface area contributed by atoms with Crippen LogP contribution >= 0.6 is 0 Å². The first-order valence-electron chi connectivity index (χ1n) is 9.39. The lowest BCUT2D eigenvalue weighted by Gasteiger charge is -2.39. The fraction of sp³-hybridized carbons (Fsp3) is 0.722. The van der Waals surface area contributed by atoms with E-state index in [4.69, 9.17) is 4.74 Å². The fourth-order valence-corrected chi connectivity index (χ4v) is 4.35. The minimum absolute atomic E-state index is 0.0705. The molecule has 2 saturated heterocycles. The van der Waals surface area contributed by atoms with Gasteiger partial charge in [-0.25, -0.2) is 0 Å². The molecule has 7 nitrogen and oxygen atoms in total. The van der Waals surface area contributed by atoms with Crippen LogP contribution in [0.5, 0.6) is 0 Å². The van der Waals surface area contributed by atoms with Crippen molar-refractivity contribution in [2.75, 3.05) is 37.7 Å². The highest BCUT2D eigenvalue weighted by atomic mass is 16.5. The molecule has 1 amide bonds. The summed E-state index contributed by atoms with van der Waals surface area (Å²) in [6.07, 6.45) is 4.79. The van der Waals surface area contributed by atoms with Gasteiger partial charge >= 0.3 is 0 Å². The first kappa shape index (κ1) is 16.7. The van der Waals surface area contributed by atoms with Crippen LogP contribution in [0.3, 0.4) is 0 Å². The molecule has 1 aliphatic carbocycles. The van der Waals surface area contributed by atoms with Crippen molar-refractivity contribution >= 4 is 11.7 Å². The van der Waals surface area contributed by atoms with Gasteiger partial charge in [0.05, 0.1) is 25.4 Å². The van der Waals surface area contributed by atoms with Crippen molar-refractivity contribution in [3.63, 3.8) is 0 Å². The molecule has 3 atom stereocenters. The van der Waals surface area contributed by atoms with Crippen molar-refractivity contribution in [1.29, 1.82) is 0 Å². The molecule has 3 aliphatic rings. The van der Waals surface area contributed by atoms with Crippen LogP contribution in [0.4, 0.5) is 5.82 Å². The smallest absolute Gasteiger partial charge is 0.274 e. The number of hydrogen-bond acceptors (Lipinski definition) is 6. The maximum Gasteiger partial charge on any atom is 0.274 e. The quantitative estimate of drug-likeness (QED) is 0.882. The van der Waals surface area contributed by atoms with E-state index >= 15 is 0 Å². The van der Waals surface area contributed by atoms with E-state index in [1.807, 2.05) is 11.0 Å². The molecule has 0 aromatic carbocycles. The van der Waals surface area contributed by atoms with Gasteiger partial charge in [0.15, 0.2) is 11.5 Å². The van der Waals surface area contributed by atoms with E-state index < -0.39 is 0 Å². The average molecular weight is 346 g/mol. The second kappa shape index (κ2) is 7.25. The van der Waals surface area contributed by atoms with Crippen molar-refractivity contribution < 1.29 is 14.6 Å². The Morgan fingerprint density at radius 3 is 2.64 bits per heavy atom. The molecule has 3 heterocycles. The minimum atomic E-state index is -0.342. The molecule has 1 saturated carbocycles. The van der Waals surface area contributed by atoms with E-state index in [0.717, 1.165) is 38.2 Å². The number of anilines is 1. The lowest BCUT2D eigenvalue weighted by atomic mass is 9.94. The van der Waals surface area contributed by atoms with Crippen LogP contribution in [0.1, 0.15) is 42.6 Å². The van der Waals surface area contributed by atoms with Gasteiger partial charge in [0.25, 0.3) is 5.91 Å². The molecule has 136 valence electrons. The highest BCUT2D eigenvalue weighted by Crippen LogP contribution is 2.32. The van der Waals surface area contributed by atoms with Crippen LogP contribution in [-0.4, -0.2) is 71.1 Å². The topological polar surface area (TPSA) is 78.8 Å². The first-order chi connectivity index (χ1) is 12.2. The van der Waals surface area contributed by atoms with Gasteiger partial charge in [0.1, 0.15) is 0 Å². The summed E-state index contributed by atoms with van der Waals surface area (Å²) in [4.78, 5) is 17.0. The number of aliphatic hydroxyl groups excluding tert-OH is 1. The third-order valence-corrected chi connectivity index (χ3v) is 5.75. The Kier molecular flexibility index (Phi) is 4.85. The molecular formula is C18H26N4O3. The fourth-order valence-electron chi connectivity index (χ4n) is 4.35. The third kappa shape index (κ3) is 3.35. The number of amides is 1. The predicted molar refractivity (Wildman–Crippen MR) is 92.5 cm³/mol. The molecule has 3 fully saturated rings. The van der Waals surface area contributed by atoms with Crippen LogP contribution in [-0.2, 0) is 4.74 Å². The van der Waals surface area contributed by atoms with Gasteiger partial charge in [0.2, 0.25) is 0 Å². The Labute approximate surface area is 148 Å². The Morgan fingerprint density at radius 2 is 1.96 bits per heavy atom. The van der Waals surface area contributed by atoms with Gasteiger partial charge in [-0.1, -0.05) is 6.42 Å². The van der Waals surface area contributed by atoms with E-state index in [-0.39, 0.29) is 24.0 Å². The molecule has 7 heteroatoms. The van der Waals surface area contributed by atoms with Gasteiger partial charge in [-0.3, -0.25) is 4.79 Å². The Bertz CT molecular complexity index is 603. The number of carbonyl (C=O) groups is 1. The lowest BCUT2D eigenvalue weighted by Crippen LogP contribution is -2.53. The lowest BCUT2D eigenvalue weighted by molar-refractivity contribution is -0.0386. The summed E-state index contributed by atoms with van der Waals surface area (Å²) < 4.78 is 5.60. The Balaban J connectivity index is 1.49. The zero-order chi connectivity index (χ0) is 17.2. The number of nitrogens with zero attached hydrogens (tertiary/aromatic N) is 4. The number of aliphatic hydroxyl groups is 1. The van der Waals surface area contributed by atoms with E-state index in [0.29, 0.717) is 25.5 Å². The van der Waals surface area contributed by atoms with Crippen LogP contribution in [0, 0.1) is 5.92 Å². The number of ether oxygens (including phenoxy) is 1. The van der Waals surface area contributed by atoms with Gasteiger partial charge in [-0.05, 0) is 37.8 Å². The highest BCUT2D eigenvalue weighted by molar-refractivity contribution is 5.92. The maximum absolute atomic E-state index is 13.0. The molecule has 2 aliphatic heterocycles. The summed E-state index contributed by atoms with van der Waals surface area (Å²) in [5.74, 6) is 0.841. The number of carbonyl (C=O) groups excluding carboxylic acids is 1. The number of morpholine rings is 1. The van der Waals surface area contributed by atoms with Crippen LogP contribution in [0.15, 0.2) is 12.1 Å². The van der Waals surface area contributed by atoms with E-state index in [1.54, 1.807) is 6.07 Å². The van der Waals surface area contributed by atoms with Crippen LogP contribution in [0.25, 0.3) is 0 Å². The average Bonchev–Trinajstić information content (AvgIpc) is 3.33. The Hall–Kier alpha value is -1.73.